The molecule has 1 fully saturated rings. The average molecular weight is 336 g/mol. The van der Waals surface area contributed by atoms with Crippen molar-refractivity contribution in [2.45, 2.75) is 51.6 Å². The van der Waals surface area contributed by atoms with Crippen molar-refractivity contribution in [1.82, 2.24) is 14.5 Å². The number of nitrogens with two attached hydrogens (primary N) is 1. The SMILES string of the molecule is Cc1cc(C)c2[nH]c(=O)c(-c3nccn3C3CCC(N)CC3)cc2c1. The number of pyridine rings is 1. The van der Waals surface area contributed by atoms with E-state index in [4.69, 9.17) is 5.73 Å². The van der Waals surface area contributed by atoms with E-state index >= 15 is 0 Å². The van der Waals surface area contributed by atoms with E-state index in [1.165, 1.54) is 5.56 Å². The van der Waals surface area contributed by atoms with E-state index in [0.717, 1.165) is 48.0 Å². The van der Waals surface area contributed by atoms with Crippen molar-refractivity contribution in [2.24, 2.45) is 5.73 Å². The van der Waals surface area contributed by atoms with Crippen LogP contribution < -0.4 is 11.3 Å². The highest BCUT2D eigenvalue weighted by atomic mass is 16.1. The number of nitrogens with zero attached hydrogens (tertiary/aromatic N) is 2. The first-order chi connectivity index (χ1) is 12.0. The summed E-state index contributed by atoms with van der Waals surface area (Å²) in [5, 5.41) is 1.05. The summed E-state index contributed by atoms with van der Waals surface area (Å²) >= 11 is 0. The Morgan fingerprint density at radius 3 is 2.68 bits per heavy atom. The molecule has 0 spiro atoms. The molecule has 0 bridgehead atoms. The maximum absolute atomic E-state index is 12.7. The van der Waals surface area contributed by atoms with Crippen LogP contribution in [0.5, 0.6) is 0 Å². The molecule has 3 aromatic rings. The molecule has 0 radical (unpaired) electrons. The molecule has 5 heteroatoms. The first-order valence-electron chi connectivity index (χ1n) is 8.96. The van der Waals surface area contributed by atoms with Gasteiger partial charge in [-0.2, -0.15) is 0 Å². The van der Waals surface area contributed by atoms with Gasteiger partial charge in [-0.1, -0.05) is 11.6 Å². The molecule has 1 aliphatic carbocycles. The van der Waals surface area contributed by atoms with Crippen molar-refractivity contribution in [2.75, 3.05) is 0 Å². The van der Waals surface area contributed by atoms with Crippen LogP contribution in [-0.4, -0.2) is 20.6 Å². The van der Waals surface area contributed by atoms with Gasteiger partial charge < -0.3 is 15.3 Å². The number of benzene rings is 1. The minimum atomic E-state index is -0.0839. The van der Waals surface area contributed by atoms with Gasteiger partial charge in [0.25, 0.3) is 5.56 Å². The number of rotatable bonds is 2. The smallest absolute Gasteiger partial charge is 0.259 e. The fraction of sp³-hybridized carbons (Fsp3) is 0.400. The van der Waals surface area contributed by atoms with Crippen molar-refractivity contribution < 1.29 is 0 Å². The van der Waals surface area contributed by atoms with Crippen molar-refractivity contribution in [3.05, 3.63) is 52.1 Å². The summed E-state index contributed by atoms with van der Waals surface area (Å²) < 4.78 is 2.16. The Labute approximate surface area is 146 Å². The standard InChI is InChI=1S/C20H24N4O/c1-12-9-13(2)18-14(10-12)11-17(20(25)23-18)19-22-7-8-24(19)16-5-3-15(21)4-6-16/h7-11,15-16H,3-6,21H2,1-2H3,(H,23,25). The molecule has 1 aliphatic rings. The third-order valence-electron chi connectivity index (χ3n) is 5.34. The van der Waals surface area contributed by atoms with Crippen LogP contribution in [0.2, 0.25) is 0 Å². The monoisotopic (exact) mass is 336 g/mol. The van der Waals surface area contributed by atoms with Crippen LogP contribution in [-0.2, 0) is 0 Å². The zero-order valence-electron chi connectivity index (χ0n) is 14.7. The van der Waals surface area contributed by atoms with Gasteiger partial charge in [-0.05, 0) is 62.6 Å². The maximum Gasteiger partial charge on any atom is 0.259 e. The summed E-state index contributed by atoms with van der Waals surface area (Å²) in [5.41, 5.74) is 9.76. The molecule has 5 nitrogen and oxygen atoms in total. The van der Waals surface area contributed by atoms with Gasteiger partial charge in [0.1, 0.15) is 5.82 Å². The molecule has 0 amide bonds. The molecule has 130 valence electrons. The summed E-state index contributed by atoms with van der Waals surface area (Å²) in [6, 6.07) is 6.84. The molecule has 3 N–H and O–H groups in total. The number of imidazole rings is 1. The fourth-order valence-electron chi connectivity index (χ4n) is 4.05. The summed E-state index contributed by atoms with van der Waals surface area (Å²) in [6.45, 7) is 4.10. The molecule has 0 unspecified atom stereocenters. The lowest BCUT2D eigenvalue weighted by Gasteiger charge is -2.28. The number of H-pyrrole nitrogens is 1. The van der Waals surface area contributed by atoms with E-state index in [0.29, 0.717) is 17.6 Å². The second kappa shape index (κ2) is 6.15. The first-order valence-corrected chi connectivity index (χ1v) is 8.96. The zero-order valence-corrected chi connectivity index (χ0v) is 14.7. The quantitative estimate of drug-likeness (QED) is 0.752. The zero-order chi connectivity index (χ0) is 17.6. The van der Waals surface area contributed by atoms with E-state index in [2.05, 4.69) is 33.6 Å². The van der Waals surface area contributed by atoms with Gasteiger partial charge in [-0.3, -0.25) is 4.79 Å². The highest BCUT2D eigenvalue weighted by Gasteiger charge is 2.23. The van der Waals surface area contributed by atoms with Gasteiger partial charge in [-0.25, -0.2) is 4.98 Å². The number of hydrogen-bond acceptors (Lipinski definition) is 3. The number of nitrogens with one attached hydrogen (secondary N) is 1. The third-order valence-corrected chi connectivity index (χ3v) is 5.34. The van der Waals surface area contributed by atoms with Gasteiger partial charge in [-0.15, -0.1) is 0 Å². The Morgan fingerprint density at radius 2 is 1.92 bits per heavy atom. The molecular formula is C20H24N4O. The topological polar surface area (TPSA) is 76.7 Å². The van der Waals surface area contributed by atoms with E-state index in [-0.39, 0.29) is 5.56 Å². The van der Waals surface area contributed by atoms with E-state index < -0.39 is 0 Å². The van der Waals surface area contributed by atoms with Crippen LogP contribution in [0.25, 0.3) is 22.3 Å². The van der Waals surface area contributed by atoms with Crippen LogP contribution in [0.1, 0.15) is 42.9 Å². The lowest BCUT2D eigenvalue weighted by Crippen LogP contribution is -2.28. The fourth-order valence-corrected chi connectivity index (χ4v) is 4.05. The predicted molar refractivity (Wildman–Crippen MR) is 101 cm³/mol. The van der Waals surface area contributed by atoms with Crippen LogP contribution in [0.15, 0.2) is 35.4 Å². The van der Waals surface area contributed by atoms with Gasteiger partial charge in [0.15, 0.2) is 0 Å². The lowest BCUT2D eigenvalue weighted by atomic mass is 9.91. The van der Waals surface area contributed by atoms with Crippen molar-refractivity contribution in [1.29, 1.82) is 0 Å². The second-order valence-electron chi connectivity index (χ2n) is 7.28. The van der Waals surface area contributed by atoms with Crippen LogP contribution >= 0.6 is 0 Å². The molecule has 2 heterocycles. The summed E-state index contributed by atoms with van der Waals surface area (Å²) in [6.07, 6.45) is 7.89. The molecule has 25 heavy (non-hydrogen) atoms. The highest BCUT2D eigenvalue weighted by molar-refractivity contribution is 5.85. The normalized spacial score (nSPS) is 20.9. The minimum absolute atomic E-state index is 0.0839. The average Bonchev–Trinajstić information content (AvgIpc) is 3.05. The van der Waals surface area contributed by atoms with Gasteiger partial charge in [0.05, 0.1) is 11.1 Å². The minimum Gasteiger partial charge on any atom is -0.328 e. The number of aromatic amines is 1. The Balaban J connectivity index is 1.82. The van der Waals surface area contributed by atoms with Gasteiger partial charge >= 0.3 is 0 Å². The number of fused-ring (bicyclic) bond motifs is 1. The maximum atomic E-state index is 12.7. The van der Waals surface area contributed by atoms with E-state index in [1.54, 1.807) is 6.20 Å². The van der Waals surface area contributed by atoms with Crippen LogP contribution in [0.3, 0.4) is 0 Å². The van der Waals surface area contributed by atoms with Crippen LogP contribution in [0.4, 0.5) is 0 Å². The second-order valence-corrected chi connectivity index (χ2v) is 7.28. The predicted octanol–water partition coefficient (Wildman–Crippen LogP) is 3.45. The van der Waals surface area contributed by atoms with E-state index in [9.17, 15) is 4.79 Å². The molecule has 2 aromatic heterocycles. The summed E-state index contributed by atoms with van der Waals surface area (Å²) in [4.78, 5) is 20.3. The van der Waals surface area contributed by atoms with Crippen LogP contribution in [0, 0.1) is 13.8 Å². The third kappa shape index (κ3) is 2.89. The molecule has 0 atom stereocenters. The number of hydrogen-bond donors (Lipinski definition) is 2. The summed E-state index contributed by atoms with van der Waals surface area (Å²) in [5.74, 6) is 0.753. The van der Waals surface area contributed by atoms with Gasteiger partial charge in [0, 0.05) is 24.5 Å². The number of aryl methyl sites for hydroxylation is 2. The molecular weight excluding hydrogens is 312 g/mol. The molecule has 1 saturated carbocycles. The van der Waals surface area contributed by atoms with Crippen molar-refractivity contribution >= 4 is 10.9 Å². The molecule has 0 saturated heterocycles. The van der Waals surface area contributed by atoms with Crippen molar-refractivity contribution in [3.63, 3.8) is 0 Å². The largest absolute Gasteiger partial charge is 0.328 e. The number of aromatic nitrogens is 3. The van der Waals surface area contributed by atoms with E-state index in [1.807, 2.05) is 19.2 Å². The molecule has 1 aromatic carbocycles. The molecule has 4 rings (SSSR count). The first kappa shape index (κ1) is 16.1. The highest BCUT2D eigenvalue weighted by Crippen LogP contribution is 2.31. The Hall–Kier alpha value is -2.40. The van der Waals surface area contributed by atoms with Gasteiger partial charge in [0.2, 0.25) is 0 Å². The summed E-state index contributed by atoms with van der Waals surface area (Å²) in [7, 11) is 0. The Kier molecular flexibility index (Phi) is 3.96. The Morgan fingerprint density at radius 1 is 1.16 bits per heavy atom. The van der Waals surface area contributed by atoms with Crippen molar-refractivity contribution in [3.8, 4) is 11.4 Å². The molecule has 0 aliphatic heterocycles. The lowest BCUT2D eigenvalue weighted by molar-refractivity contribution is 0.325. The Bertz CT molecular complexity index is 977.